The van der Waals surface area contributed by atoms with E-state index in [0.29, 0.717) is 13.2 Å². The highest BCUT2D eigenvalue weighted by atomic mass is 32.1. The van der Waals surface area contributed by atoms with Crippen molar-refractivity contribution in [3.8, 4) is 0 Å². The number of amides is 1. The number of carbonyl (C=O) groups excluding carboxylic acids is 1. The van der Waals surface area contributed by atoms with Gasteiger partial charge in [-0.25, -0.2) is 4.98 Å². The number of rotatable bonds is 5. The van der Waals surface area contributed by atoms with Crippen molar-refractivity contribution in [1.82, 2.24) is 15.6 Å². The van der Waals surface area contributed by atoms with E-state index in [9.17, 15) is 4.79 Å². The molecule has 5 nitrogen and oxygen atoms in total. The van der Waals surface area contributed by atoms with Crippen molar-refractivity contribution in [1.29, 1.82) is 0 Å². The molecule has 19 heavy (non-hydrogen) atoms. The minimum atomic E-state index is -0.113. The maximum atomic E-state index is 12.2. The van der Waals surface area contributed by atoms with Gasteiger partial charge in [0.2, 0.25) is 5.91 Å². The molecule has 0 aliphatic carbocycles. The predicted octanol–water partition coefficient (Wildman–Crippen LogP) is 1.12. The third kappa shape index (κ3) is 3.32. The van der Waals surface area contributed by atoms with Gasteiger partial charge in [0.25, 0.3) is 0 Å². The van der Waals surface area contributed by atoms with E-state index in [4.69, 9.17) is 4.74 Å². The van der Waals surface area contributed by atoms with E-state index in [2.05, 4.69) is 22.5 Å². The number of ether oxygens (including phenoxy) is 1. The van der Waals surface area contributed by atoms with E-state index in [1.165, 1.54) is 4.88 Å². The summed E-state index contributed by atoms with van der Waals surface area (Å²) in [4.78, 5) is 17.8. The molecule has 1 saturated heterocycles. The van der Waals surface area contributed by atoms with Crippen molar-refractivity contribution in [3.05, 3.63) is 16.1 Å². The Morgan fingerprint density at radius 1 is 1.63 bits per heavy atom. The Morgan fingerprint density at radius 3 is 3.05 bits per heavy atom. The number of thiazole rings is 1. The first kappa shape index (κ1) is 14.4. The minimum Gasteiger partial charge on any atom is -0.379 e. The summed E-state index contributed by atoms with van der Waals surface area (Å²) < 4.78 is 5.35. The first-order valence-corrected chi connectivity index (χ1v) is 7.47. The van der Waals surface area contributed by atoms with Gasteiger partial charge < -0.3 is 15.4 Å². The number of nitrogens with one attached hydrogen (secondary N) is 2. The lowest BCUT2D eigenvalue weighted by Gasteiger charge is -2.19. The second-order valence-electron chi connectivity index (χ2n) is 4.79. The van der Waals surface area contributed by atoms with Crippen LogP contribution in [0.4, 0.5) is 0 Å². The minimum absolute atomic E-state index is 0.0394. The Hall–Kier alpha value is -0.980. The second-order valence-corrected chi connectivity index (χ2v) is 5.93. The van der Waals surface area contributed by atoms with Gasteiger partial charge >= 0.3 is 0 Å². The quantitative estimate of drug-likeness (QED) is 0.850. The van der Waals surface area contributed by atoms with Crippen molar-refractivity contribution in [3.63, 3.8) is 0 Å². The summed E-state index contributed by atoms with van der Waals surface area (Å²) >= 11 is 1.66. The molecule has 0 bridgehead atoms. The predicted molar refractivity (Wildman–Crippen MR) is 75.2 cm³/mol. The fraction of sp³-hybridized carbons (Fsp3) is 0.692. The lowest BCUT2D eigenvalue weighted by molar-refractivity contribution is -0.126. The first-order valence-electron chi connectivity index (χ1n) is 6.65. The van der Waals surface area contributed by atoms with Crippen molar-refractivity contribution >= 4 is 17.2 Å². The van der Waals surface area contributed by atoms with Crippen LogP contribution in [0.3, 0.4) is 0 Å². The zero-order chi connectivity index (χ0) is 13.8. The van der Waals surface area contributed by atoms with Gasteiger partial charge in [-0.2, -0.15) is 0 Å². The normalized spacial score (nSPS) is 24.4. The molecular weight excluding hydrogens is 262 g/mol. The Bertz CT molecular complexity index is 435. The molecule has 106 valence electrons. The summed E-state index contributed by atoms with van der Waals surface area (Å²) in [6.07, 6.45) is 2.87. The van der Waals surface area contributed by atoms with E-state index in [1.807, 2.05) is 20.2 Å². The number of hydrogen-bond acceptors (Lipinski definition) is 5. The number of nitrogens with zero attached hydrogens (tertiary/aromatic N) is 1. The van der Waals surface area contributed by atoms with Gasteiger partial charge in [0, 0.05) is 17.1 Å². The van der Waals surface area contributed by atoms with Gasteiger partial charge in [0.05, 0.1) is 25.2 Å². The molecular formula is C13H21N3O2S. The zero-order valence-corrected chi connectivity index (χ0v) is 12.4. The maximum Gasteiger partial charge on any atom is 0.227 e. The molecule has 1 aliphatic rings. The molecule has 3 atom stereocenters. The number of hydrogen-bond donors (Lipinski definition) is 2. The van der Waals surface area contributed by atoms with Crippen LogP contribution in [0.1, 0.15) is 29.8 Å². The number of aryl methyl sites for hydroxylation is 1. The number of likely N-dealkylation sites (N-methyl/N-ethyl adjacent to an activating group) is 1. The van der Waals surface area contributed by atoms with E-state index < -0.39 is 0 Å². The zero-order valence-electron chi connectivity index (χ0n) is 11.6. The highest BCUT2D eigenvalue weighted by Crippen LogP contribution is 2.21. The molecule has 1 aromatic heterocycles. The smallest absolute Gasteiger partial charge is 0.227 e. The second kappa shape index (κ2) is 6.45. The largest absolute Gasteiger partial charge is 0.379 e. The van der Waals surface area contributed by atoms with Gasteiger partial charge in [-0.05, 0) is 20.4 Å². The van der Waals surface area contributed by atoms with E-state index >= 15 is 0 Å². The average molecular weight is 283 g/mol. The number of carbonyl (C=O) groups is 1. The first-order chi connectivity index (χ1) is 9.15. The van der Waals surface area contributed by atoms with E-state index in [0.717, 1.165) is 11.4 Å². The fourth-order valence-electron chi connectivity index (χ4n) is 2.17. The van der Waals surface area contributed by atoms with E-state index in [1.54, 1.807) is 11.3 Å². The highest BCUT2D eigenvalue weighted by molar-refractivity contribution is 7.11. The van der Waals surface area contributed by atoms with Crippen LogP contribution in [0.25, 0.3) is 0 Å². The molecule has 0 spiro atoms. The van der Waals surface area contributed by atoms with Crippen LogP contribution in [-0.2, 0) is 16.0 Å². The van der Waals surface area contributed by atoms with Crippen molar-refractivity contribution in [2.75, 3.05) is 20.3 Å². The molecule has 1 fully saturated rings. The third-order valence-electron chi connectivity index (χ3n) is 3.44. The molecule has 2 heterocycles. The topological polar surface area (TPSA) is 63.2 Å². The number of aromatic nitrogens is 1. The molecule has 1 aliphatic heterocycles. The van der Waals surface area contributed by atoms with Crippen molar-refractivity contribution < 1.29 is 9.53 Å². The summed E-state index contributed by atoms with van der Waals surface area (Å²) in [5.41, 5.74) is 0. The summed E-state index contributed by atoms with van der Waals surface area (Å²) in [6, 6.07) is 0.0607. The van der Waals surface area contributed by atoms with Crippen LogP contribution in [0.5, 0.6) is 0 Å². The molecule has 0 radical (unpaired) electrons. The van der Waals surface area contributed by atoms with Crippen molar-refractivity contribution in [2.45, 2.75) is 32.4 Å². The molecule has 0 saturated carbocycles. The Balaban J connectivity index is 1.94. The van der Waals surface area contributed by atoms with Crippen LogP contribution >= 0.6 is 11.3 Å². The van der Waals surface area contributed by atoms with Gasteiger partial charge in [-0.1, -0.05) is 6.92 Å². The lowest BCUT2D eigenvalue weighted by Crippen LogP contribution is -2.43. The van der Waals surface area contributed by atoms with E-state index in [-0.39, 0.29) is 23.9 Å². The molecule has 1 amide bonds. The third-order valence-corrected chi connectivity index (χ3v) is 4.76. The Labute approximate surface area is 117 Å². The highest BCUT2D eigenvalue weighted by Gasteiger charge is 2.33. The van der Waals surface area contributed by atoms with Gasteiger partial charge in [0.15, 0.2) is 0 Å². The molecule has 1 aromatic rings. The average Bonchev–Trinajstić information content (AvgIpc) is 3.07. The summed E-state index contributed by atoms with van der Waals surface area (Å²) in [6.45, 7) is 5.16. The van der Waals surface area contributed by atoms with Crippen LogP contribution in [0, 0.1) is 5.92 Å². The molecule has 0 aromatic carbocycles. The molecule has 2 N–H and O–H groups in total. The van der Waals surface area contributed by atoms with Gasteiger partial charge in [0.1, 0.15) is 5.01 Å². The fourth-order valence-corrected chi connectivity index (χ4v) is 3.03. The standard InChI is InChI=1S/C13H21N3O2S/c1-4-9-5-15-13(19-9)8(2)16-12(17)10-6-18-7-11(10)14-3/h5,8,10-11,14H,4,6-7H2,1-3H3,(H,16,17). The maximum absolute atomic E-state index is 12.2. The molecule has 3 unspecified atom stereocenters. The van der Waals surface area contributed by atoms with Crippen LogP contribution in [0.15, 0.2) is 6.20 Å². The molecule has 6 heteroatoms. The SMILES string of the molecule is CCc1cnc(C(C)NC(=O)C2COCC2NC)s1. The summed E-state index contributed by atoms with van der Waals surface area (Å²) in [7, 11) is 1.86. The van der Waals surface area contributed by atoms with Gasteiger partial charge in [-0.15, -0.1) is 11.3 Å². The monoisotopic (exact) mass is 283 g/mol. The summed E-state index contributed by atoms with van der Waals surface area (Å²) in [5.74, 6) is -0.0735. The van der Waals surface area contributed by atoms with Gasteiger partial charge in [-0.3, -0.25) is 4.79 Å². The van der Waals surface area contributed by atoms with Crippen LogP contribution < -0.4 is 10.6 Å². The Morgan fingerprint density at radius 2 is 2.42 bits per heavy atom. The van der Waals surface area contributed by atoms with Crippen molar-refractivity contribution in [2.24, 2.45) is 5.92 Å². The van der Waals surface area contributed by atoms with Crippen LogP contribution in [0.2, 0.25) is 0 Å². The summed E-state index contributed by atoms with van der Waals surface area (Å²) in [5, 5.41) is 7.11. The van der Waals surface area contributed by atoms with Crippen LogP contribution in [-0.4, -0.2) is 37.2 Å². The lowest BCUT2D eigenvalue weighted by atomic mass is 10.0. The molecule has 2 rings (SSSR count). The Kier molecular flexibility index (Phi) is 4.90.